The number of hydrogen-bond acceptors (Lipinski definition) is 3. The van der Waals surface area contributed by atoms with E-state index in [1.165, 1.54) is 6.07 Å². The SMILES string of the molecule is NCC(=O)c1ccc(SC2CC2)c(F)c1. The quantitative estimate of drug-likeness (QED) is 0.799. The van der Waals surface area contributed by atoms with Crippen molar-refractivity contribution in [3.63, 3.8) is 0 Å². The normalized spacial score (nSPS) is 15.3. The lowest BCUT2D eigenvalue weighted by atomic mass is 10.1. The summed E-state index contributed by atoms with van der Waals surface area (Å²) < 4.78 is 13.5. The molecular formula is C11H12FNOS. The topological polar surface area (TPSA) is 43.1 Å². The lowest BCUT2D eigenvalue weighted by Gasteiger charge is -2.03. The first-order chi connectivity index (χ1) is 7.20. The van der Waals surface area contributed by atoms with E-state index in [0.717, 1.165) is 12.8 Å². The highest BCUT2D eigenvalue weighted by Gasteiger charge is 2.24. The molecule has 0 aliphatic heterocycles. The van der Waals surface area contributed by atoms with E-state index < -0.39 is 0 Å². The van der Waals surface area contributed by atoms with Gasteiger partial charge in [-0.15, -0.1) is 11.8 Å². The summed E-state index contributed by atoms with van der Waals surface area (Å²) in [5.41, 5.74) is 5.56. The van der Waals surface area contributed by atoms with E-state index in [0.29, 0.717) is 15.7 Å². The number of carbonyl (C=O) groups excluding carboxylic acids is 1. The van der Waals surface area contributed by atoms with E-state index in [4.69, 9.17) is 5.73 Å². The molecule has 0 atom stereocenters. The van der Waals surface area contributed by atoms with Crippen LogP contribution in [0.25, 0.3) is 0 Å². The maximum absolute atomic E-state index is 13.5. The smallest absolute Gasteiger partial charge is 0.176 e. The van der Waals surface area contributed by atoms with Crippen molar-refractivity contribution in [2.24, 2.45) is 5.73 Å². The molecule has 0 heterocycles. The van der Waals surface area contributed by atoms with Gasteiger partial charge in [-0.25, -0.2) is 4.39 Å². The molecule has 15 heavy (non-hydrogen) atoms. The molecule has 1 saturated carbocycles. The first-order valence-electron chi connectivity index (χ1n) is 4.90. The van der Waals surface area contributed by atoms with E-state index in [1.54, 1.807) is 23.9 Å². The molecule has 1 aliphatic rings. The Labute approximate surface area is 92.0 Å². The molecule has 0 aromatic heterocycles. The molecule has 2 rings (SSSR count). The van der Waals surface area contributed by atoms with Gasteiger partial charge in [-0.1, -0.05) is 6.07 Å². The Kier molecular flexibility index (Phi) is 3.07. The van der Waals surface area contributed by atoms with Crippen molar-refractivity contribution in [3.05, 3.63) is 29.6 Å². The molecule has 1 fully saturated rings. The zero-order valence-corrected chi connectivity index (χ0v) is 9.02. The van der Waals surface area contributed by atoms with E-state index >= 15 is 0 Å². The highest BCUT2D eigenvalue weighted by molar-refractivity contribution is 8.00. The number of nitrogens with two attached hydrogens (primary N) is 1. The highest BCUT2D eigenvalue weighted by Crippen LogP contribution is 2.40. The molecule has 0 amide bonds. The zero-order valence-electron chi connectivity index (χ0n) is 8.20. The molecule has 1 aliphatic carbocycles. The molecule has 1 aromatic rings. The molecule has 0 unspecified atom stereocenters. The Balaban J connectivity index is 2.17. The summed E-state index contributed by atoms with van der Waals surface area (Å²) >= 11 is 1.55. The average molecular weight is 225 g/mol. The van der Waals surface area contributed by atoms with Crippen LogP contribution in [0.2, 0.25) is 0 Å². The largest absolute Gasteiger partial charge is 0.324 e. The molecule has 1 aromatic carbocycles. The molecule has 0 spiro atoms. The van der Waals surface area contributed by atoms with Crippen molar-refractivity contribution in [1.82, 2.24) is 0 Å². The summed E-state index contributed by atoms with van der Waals surface area (Å²) in [7, 11) is 0. The van der Waals surface area contributed by atoms with Gasteiger partial charge in [-0.2, -0.15) is 0 Å². The number of Topliss-reactive ketones (excluding diaryl/α,β-unsaturated/α-hetero) is 1. The number of ketones is 1. The minimum atomic E-state index is -0.314. The summed E-state index contributed by atoms with van der Waals surface area (Å²) in [5.74, 6) is -0.539. The van der Waals surface area contributed by atoms with Crippen LogP contribution in [0.4, 0.5) is 4.39 Å². The first-order valence-corrected chi connectivity index (χ1v) is 5.78. The van der Waals surface area contributed by atoms with Crippen LogP contribution in [0.1, 0.15) is 23.2 Å². The van der Waals surface area contributed by atoms with Crippen LogP contribution < -0.4 is 5.73 Å². The van der Waals surface area contributed by atoms with E-state index in [9.17, 15) is 9.18 Å². The predicted molar refractivity (Wildman–Crippen MR) is 58.7 cm³/mol. The standard InChI is InChI=1S/C11H12FNOS/c12-9-5-7(10(14)6-13)1-4-11(9)15-8-2-3-8/h1,4-5,8H,2-3,6,13H2. The summed E-state index contributed by atoms with van der Waals surface area (Å²) in [6.07, 6.45) is 2.32. The third kappa shape index (κ3) is 2.58. The van der Waals surface area contributed by atoms with Crippen LogP contribution >= 0.6 is 11.8 Å². The van der Waals surface area contributed by atoms with E-state index in [1.807, 2.05) is 0 Å². The van der Waals surface area contributed by atoms with Gasteiger partial charge in [0.25, 0.3) is 0 Å². The zero-order chi connectivity index (χ0) is 10.8. The van der Waals surface area contributed by atoms with Crippen molar-refractivity contribution in [2.75, 3.05) is 6.54 Å². The number of hydrogen-bond donors (Lipinski definition) is 1. The number of rotatable bonds is 4. The van der Waals surface area contributed by atoms with Crippen molar-refractivity contribution in [1.29, 1.82) is 0 Å². The van der Waals surface area contributed by atoms with Gasteiger partial charge in [0.2, 0.25) is 0 Å². The predicted octanol–water partition coefficient (Wildman–Crippen LogP) is 2.22. The van der Waals surface area contributed by atoms with Gasteiger partial charge in [0.05, 0.1) is 6.54 Å². The van der Waals surface area contributed by atoms with E-state index in [-0.39, 0.29) is 18.1 Å². The second kappa shape index (κ2) is 4.33. The molecular weight excluding hydrogens is 213 g/mol. The summed E-state index contributed by atoms with van der Waals surface area (Å²) in [4.78, 5) is 11.8. The Morgan fingerprint density at radius 3 is 2.80 bits per heavy atom. The maximum atomic E-state index is 13.5. The minimum Gasteiger partial charge on any atom is -0.324 e. The van der Waals surface area contributed by atoms with Gasteiger partial charge in [-0.3, -0.25) is 4.79 Å². The number of thioether (sulfide) groups is 1. The highest BCUT2D eigenvalue weighted by atomic mass is 32.2. The first kappa shape index (κ1) is 10.6. The Bertz CT molecular complexity index is 390. The average Bonchev–Trinajstić information content (AvgIpc) is 3.04. The Morgan fingerprint density at radius 2 is 2.27 bits per heavy atom. The molecule has 80 valence electrons. The van der Waals surface area contributed by atoms with Crippen LogP contribution in [0, 0.1) is 5.82 Å². The minimum absolute atomic E-state index is 0.0748. The number of carbonyl (C=O) groups is 1. The van der Waals surface area contributed by atoms with Crippen LogP contribution in [0.3, 0.4) is 0 Å². The fraction of sp³-hybridized carbons (Fsp3) is 0.364. The number of benzene rings is 1. The molecule has 2 N–H and O–H groups in total. The van der Waals surface area contributed by atoms with Crippen LogP contribution in [-0.2, 0) is 0 Å². The molecule has 0 radical (unpaired) electrons. The Morgan fingerprint density at radius 1 is 1.53 bits per heavy atom. The van der Waals surface area contributed by atoms with Crippen molar-refractivity contribution in [3.8, 4) is 0 Å². The van der Waals surface area contributed by atoms with Gasteiger partial charge in [0.15, 0.2) is 5.78 Å². The van der Waals surface area contributed by atoms with Crippen LogP contribution in [0.5, 0.6) is 0 Å². The van der Waals surface area contributed by atoms with Crippen LogP contribution in [-0.4, -0.2) is 17.6 Å². The van der Waals surface area contributed by atoms with Crippen LogP contribution in [0.15, 0.2) is 23.1 Å². The Hall–Kier alpha value is -0.870. The lowest BCUT2D eigenvalue weighted by Crippen LogP contribution is -2.13. The molecule has 2 nitrogen and oxygen atoms in total. The molecule has 0 saturated heterocycles. The maximum Gasteiger partial charge on any atom is 0.176 e. The van der Waals surface area contributed by atoms with Crippen molar-refractivity contribution >= 4 is 17.5 Å². The van der Waals surface area contributed by atoms with Gasteiger partial charge in [-0.05, 0) is 25.0 Å². The fourth-order valence-corrected chi connectivity index (χ4v) is 2.30. The van der Waals surface area contributed by atoms with Gasteiger partial charge >= 0.3 is 0 Å². The number of halogens is 1. The third-order valence-electron chi connectivity index (χ3n) is 2.26. The summed E-state index contributed by atoms with van der Waals surface area (Å²) in [5, 5.41) is 0.565. The lowest BCUT2D eigenvalue weighted by molar-refractivity contribution is 0.100. The van der Waals surface area contributed by atoms with E-state index in [2.05, 4.69) is 0 Å². The van der Waals surface area contributed by atoms with Gasteiger partial charge in [0.1, 0.15) is 5.82 Å². The fourth-order valence-electron chi connectivity index (χ4n) is 1.25. The van der Waals surface area contributed by atoms with Crippen molar-refractivity contribution in [2.45, 2.75) is 23.0 Å². The molecule has 0 bridgehead atoms. The molecule has 4 heteroatoms. The second-order valence-electron chi connectivity index (χ2n) is 3.59. The van der Waals surface area contributed by atoms with Gasteiger partial charge in [0, 0.05) is 15.7 Å². The summed E-state index contributed by atoms with van der Waals surface area (Å²) in [6, 6.07) is 4.59. The van der Waals surface area contributed by atoms with Gasteiger partial charge < -0.3 is 5.73 Å². The van der Waals surface area contributed by atoms with Crippen molar-refractivity contribution < 1.29 is 9.18 Å². The third-order valence-corrected chi connectivity index (χ3v) is 3.65. The second-order valence-corrected chi connectivity index (χ2v) is 4.93. The summed E-state index contributed by atoms with van der Waals surface area (Å²) in [6.45, 7) is -0.0748. The monoisotopic (exact) mass is 225 g/mol.